The summed E-state index contributed by atoms with van der Waals surface area (Å²) < 4.78 is 19.7. The number of amides is 2. The number of aryl methyl sites for hydroxylation is 1. The number of para-hydroxylation sites is 1. The second kappa shape index (κ2) is 9.82. The summed E-state index contributed by atoms with van der Waals surface area (Å²) in [5, 5.41) is 13.0. The maximum atomic E-state index is 13.5. The molecule has 2 aromatic carbocycles. The third kappa shape index (κ3) is 5.15. The van der Waals surface area contributed by atoms with Gasteiger partial charge in [-0.05, 0) is 50.6 Å². The smallest absolute Gasteiger partial charge is 0.340 e. The zero-order valence-electron chi connectivity index (χ0n) is 17.8. The molecule has 0 saturated heterocycles. The molecule has 0 spiro atoms. The second-order valence-electron chi connectivity index (χ2n) is 6.91. The number of rotatable bonds is 7. The molecule has 1 heterocycles. The Morgan fingerprint density at radius 3 is 2.56 bits per heavy atom. The highest BCUT2D eigenvalue weighted by Gasteiger charge is 2.20. The van der Waals surface area contributed by atoms with Crippen LogP contribution >= 0.6 is 0 Å². The van der Waals surface area contributed by atoms with Crippen molar-refractivity contribution in [1.82, 2.24) is 15.0 Å². The van der Waals surface area contributed by atoms with Crippen LogP contribution in [0.1, 0.15) is 39.0 Å². The number of carbonyl (C=O) groups is 3. The minimum absolute atomic E-state index is 0.00776. The molecule has 0 fully saturated rings. The lowest BCUT2D eigenvalue weighted by atomic mass is 10.2. The molecule has 0 unspecified atom stereocenters. The number of aromatic nitrogens is 3. The van der Waals surface area contributed by atoms with E-state index in [0.29, 0.717) is 22.6 Å². The second-order valence-corrected chi connectivity index (χ2v) is 6.91. The molecular formula is C22H22FN5O4. The van der Waals surface area contributed by atoms with E-state index >= 15 is 0 Å². The van der Waals surface area contributed by atoms with E-state index in [4.69, 9.17) is 4.74 Å². The molecule has 0 aliphatic rings. The van der Waals surface area contributed by atoms with Gasteiger partial charge in [-0.1, -0.05) is 23.4 Å². The van der Waals surface area contributed by atoms with Gasteiger partial charge < -0.3 is 15.4 Å². The third-order valence-corrected chi connectivity index (χ3v) is 4.64. The Bertz CT molecular complexity index is 1170. The molecule has 0 aliphatic carbocycles. The molecular weight excluding hydrogens is 417 g/mol. The van der Waals surface area contributed by atoms with Crippen molar-refractivity contribution in [1.29, 1.82) is 0 Å². The number of esters is 1. The monoisotopic (exact) mass is 439 g/mol. The van der Waals surface area contributed by atoms with Crippen molar-refractivity contribution in [3.8, 4) is 0 Å². The summed E-state index contributed by atoms with van der Waals surface area (Å²) in [5.74, 6) is -2.07. The predicted molar refractivity (Wildman–Crippen MR) is 115 cm³/mol. The molecule has 1 aromatic heterocycles. The molecule has 9 nitrogen and oxygen atoms in total. The summed E-state index contributed by atoms with van der Waals surface area (Å²) in [7, 11) is 0. The van der Waals surface area contributed by atoms with Crippen LogP contribution < -0.4 is 10.6 Å². The first-order valence-corrected chi connectivity index (χ1v) is 9.83. The Morgan fingerprint density at radius 2 is 1.81 bits per heavy atom. The van der Waals surface area contributed by atoms with Gasteiger partial charge in [-0.15, -0.1) is 5.10 Å². The average Bonchev–Trinajstić information content (AvgIpc) is 3.11. The van der Waals surface area contributed by atoms with Gasteiger partial charge in [0.05, 0.1) is 23.6 Å². The Kier molecular flexibility index (Phi) is 6.93. The van der Waals surface area contributed by atoms with Crippen LogP contribution in [-0.4, -0.2) is 39.4 Å². The predicted octanol–water partition coefficient (Wildman–Crippen LogP) is 3.10. The van der Waals surface area contributed by atoms with E-state index in [2.05, 4.69) is 20.9 Å². The number of anilines is 2. The number of nitrogens with zero attached hydrogens (tertiary/aromatic N) is 3. The molecule has 3 aromatic rings. The Hall–Kier alpha value is -4.08. The molecule has 0 aliphatic heterocycles. The van der Waals surface area contributed by atoms with Gasteiger partial charge in [0.2, 0.25) is 5.91 Å². The third-order valence-electron chi connectivity index (χ3n) is 4.64. The highest BCUT2D eigenvalue weighted by Crippen LogP contribution is 2.18. The van der Waals surface area contributed by atoms with E-state index in [1.807, 2.05) is 0 Å². The normalized spacial score (nSPS) is 10.5. The van der Waals surface area contributed by atoms with Gasteiger partial charge in [0.25, 0.3) is 5.91 Å². The number of benzene rings is 2. The minimum atomic E-state index is -0.574. The number of hydrogen-bond acceptors (Lipinski definition) is 6. The highest BCUT2D eigenvalue weighted by molar-refractivity contribution is 6.04. The first-order chi connectivity index (χ1) is 15.3. The number of halogens is 1. The van der Waals surface area contributed by atoms with Crippen LogP contribution in [0.25, 0.3) is 0 Å². The van der Waals surface area contributed by atoms with E-state index in [0.717, 1.165) is 0 Å². The van der Waals surface area contributed by atoms with Crippen molar-refractivity contribution in [2.75, 3.05) is 17.2 Å². The average molecular weight is 439 g/mol. The zero-order chi connectivity index (χ0) is 23.3. The summed E-state index contributed by atoms with van der Waals surface area (Å²) >= 11 is 0. The van der Waals surface area contributed by atoms with E-state index in [-0.39, 0.29) is 24.4 Å². The highest BCUT2D eigenvalue weighted by atomic mass is 19.1. The Labute approximate surface area is 183 Å². The van der Waals surface area contributed by atoms with Crippen molar-refractivity contribution in [2.24, 2.45) is 0 Å². The molecule has 0 saturated carbocycles. The standard InChI is InChI=1S/C22H22FN5O4/c1-4-32-22(31)16-7-5-6-8-17(16)24-19(29)12-28-14(3)20(26-27-28)21(30)25-18-11-15(23)10-9-13(18)2/h5-11H,4,12H2,1-3H3,(H,24,29)(H,25,30). The molecule has 3 rings (SSSR count). The molecule has 2 N–H and O–H groups in total. The van der Waals surface area contributed by atoms with Gasteiger partial charge in [0.15, 0.2) is 5.69 Å². The van der Waals surface area contributed by atoms with Crippen LogP contribution in [-0.2, 0) is 16.1 Å². The van der Waals surface area contributed by atoms with Crippen molar-refractivity contribution in [3.05, 3.63) is 70.8 Å². The van der Waals surface area contributed by atoms with E-state index in [1.54, 1.807) is 51.1 Å². The molecule has 0 atom stereocenters. The van der Waals surface area contributed by atoms with E-state index in [1.165, 1.54) is 16.8 Å². The van der Waals surface area contributed by atoms with Crippen LogP contribution in [0, 0.1) is 19.7 Å². The van der Waals surface area contributed by atoms with Crippen LogP contribution in [0.2, 0.25) is 0 Å². The molecule has 2 amide bonds. The summed E-state index contributed by atoms with van der Waals surface area (Å²) in [6.45, 7) is 4.99. The first-order valence-electron chi connectivity index (χ1n) is 9.83. The maximum Gasteiger partial charge on any atom is 0.340 e. The quantitative estimate of drug-likeness (QED) is 0.547. The fraction of sp³-hybridized carbons (Fsp3) is 0.227. The van der Waals surface area contributed by atoms with Gasteiger partial charge in [-0.25, -0.2) is 13.9 Å². The van der Waals surface area contributed by atoms with Crippen molar-refractivity contribution in [2.45, 2.75) is 27.3 Å². The molecule has 0 bridgehead atoms. The van der Waals surface area contributed by atoms with Gasteiger partial charge >= 0.3 is 5.97 Å². The number of carbonyl (C=O) groups excluding carboxylic acids is 3. The summed E-state index contributed by atoms with van der Waals surface area (Å²) in [4.78, 5) is 37.2. The number of nitrogens with one attached hydrogen (secondary N) is 2. The largest absolute Gasteiger partial charge is 0.462 e. The van der Waals surface area contributed by atoms with Crippen molar-refractivity contribution in [3.63, 3.8) is 0 Å². The van der Waals surface area contributed by atoms with E-state index < -0.39 is 23.6 Å². The Morgan fingerprint density at radius 1 is 1.06 bits per heavy atom. The summed E-state index contributed by atoms with van der Waals surface area (Å²) in [6.07, 6.45) is 0. The SMILES string of the molecule is CCOC(=O)c1ccccc1NC(=O)Cn1nnc(C(=O)Nc2cc(F)ccc2C)c1C. The van der Waals surface area contributed by atoms with Crippen LogP contribution in [0.4, 0.5) is 15.8 Å². The molecule has 0 radical (unpaired) electrons. The van der Waals surface area contributed by atoms with Crippen LogP contribution in [0.5, 0.6) is 0 Å². The molecule has 32 heavy (non-hydrogen) atoms. The van der Waals surface area contributed by atoms with Crippen LogP contribution in [0.15, 0.2) is 42.5 Å². The van der Waals surface area contributed by atoms with Gasteiger partial charge in [0, 0.05) is 5.69 Å². The fourth-order valence-corrected chi connectivity index (χ4v) is 2.94. The fourth-order valence-electron chi connectivity index (χ4n) is 2.94. The van der Waals surface area contributed by atoms with Gasteiger partial charge in [-0.2, -0.15) is 0 Å². The molecule has 10 heteroatoms. The molecule has 166 valence electrons. The summed E-state index contributed by atoms with van der Waals surface area (Å²) in [5.41, 5.74) is 1.89. The van der Waals surface area contributed by atoms with E-state index in [9.17, 15) is 18.8 Å². The lowest BCUT2D eigenvalue weighted by Crippen LogP contribution is -2.22. The minimum Gasteiger partial charge on any atom is -0.462 e. The Balaban J connectivity index is 1.71. The first kappa shape index (κ1) is 22.6. The topological polar surface area (TPSA) is 115 Å². The lowest BCUT2D eigenvalue weighted by Gasteiger charge is -2.11. The number of ether oxygens (including phenoxy) is 1. The maximum absolute atomic E-state index is 13.5. The van der Waals surface area contributed by atoms with Gasteiger partial charge in [0.1, 0.15) is 12.4 Å². The number of hydrogen-bond donors (Lipinski definition) is 2. The lowest BCUT2D eigenvalue weighted by molar-refractivity contribution is -0.117. The van der Waals surface area contributed by atoms with Crippen molar-refractivity contribution >= 4 is 29.2 Å². The van der Waals surface area contributed by atoms with Crippen molar-refractivity contribution < 1.29 is 23.5 Å². The van der Waals surface area contributed by atoms with Gasteiger partial charge in [-0.3, -0.25) is 9.59 Å². The summed E-state index contributed by atoms with van der Waals surface area (Å²) in [6, 6.07) is 10.5. The van der Waals surface area contributed by atoms with Crippen LogP contribution in [0.3, 0.4) is 0 Å². The zero-order valence-corrected chi connectivity index (χ0v) is 17.8.